The third-order valence-corrected chi connectivity index (χ3v) is 4.88. The lowest BCUT2D eigenvalue weighted by Gasteiger charge is -2.04. The Morgan fingerprint density at radius 2 is 2.00 bits per heavy atom. The minimum atomic E-state index is -0.454. The van der Waals surface area contributed by atoms with Crippen LogP contribution in [0, 0.1) is 10.1 Å². The molecule has 1 N–H and O–H groups in total. The Hall–Kier alpha value is -3.00. The zero-order chi connectivity index (χ0) is 18.5. The molecule has 1 unspecified atom stereocenters. The number of amidine groups is 1. The number of hydrogen-bond donors (Lipinski definition) is 1. The van der Waals surface area contributed by atoms with Crippen molar-refractivity contribution in [3.63, 3.8) is 0 Å². The van der Waals surface area contributed by atoms with E-state index in [1.54, 1.807) is 19.1 Å². The summed E-state index contributed by atoms with van der Waals surface area (Å²) in [5, 5.41) is 21.9. The molecule has 3 rings (SSSR count). The molecule has 2 aromatic carbocycles. The van der Waals surface area contributed by atoms with E-state index in [1.165, 1.54) is 23.9 Å². The van der Waals surface area contributed by atoms with Crippen LogP contribution in [0.5, 0.6) is 0 Å². The Labute approximate surface area is 154 Å². The summed E-state index contributed by atoms with van der Waals surface area (Å²) in [5.41, 5.74) is 2.22. The maximum absolute atomic E-state index is 12.1. The van der Waals surface area contributed by atoms with Crippen LogP contribution in [0.25, 0.3) is 0 Å². The molecule has 0 radical (unpaired) electrons. The average molecular weight is 368 g/mol. The molecule has 0 bridgehead atoms. The molecule has 0 aliphatic carbocycles. The van der Waals surface area contributed by atoms with E-state index >= 15 is 0 Å². The van der Waals surface area contributed by atoms with Crippen LogP contribution < -0.4 is 5.32 Å². The van der Waals surface area contributed by atoms with Crippen LogP contribution in [-0.4, -0.2) is 27.0 Å². The number of nitrogens with one attached hydrogen (secondary N) is 1. The first-order valence-corrected chi connectivity index (χ1v) is 8.79. The molecular weight excluding hydrogens is 352 g/mol. The Kier molecular flexibility index (Phi) is 5.43. The zero-order valence-corrected chi connectivity index (χ0v) is 14.8. The van der Waals surface area contributed by atoms with E-state index < -0.39 is 4.92 Å². The largest absolute Gasteiger partial charge is 0.303 e. The number of nitro groups is 1. The van der Waals surface area contributed by atoms with Gasteiger partial charge in [-0.3, -0.25) is 14.9 Å². The van der Waals surface area contributed by atoms with Crippen LogP contribution >= 0.6 is 11.8 Å². The van der Waals surface area contributed by atoms with Crippen molar-refractivity contribution >= 4 is 34.2 Å². The second-order valence-electron chi connectivity index (χ2n) is 5.68. The average Bonchev–Trinajstić information content (AvgIpc) is 3.00. The number of thioether (sulfide) groups is 1. The smallest absolute Gasteiger partial charge is 0.270 e. The quantitative estimate of drug-likeness (QED) is 0.498. The van der Waals surface area contributed by atoms with E-state index in [0.29, 0.717) is 22.9 Å². The maximum atomic E-state index is 12.1. The first-order valence-electron chi connectivity index (χ1n) is 7.91. The monoisotopic (exact) mass is 368 g/mol. The third kappa shape index (κ3) is 4.34. The summed E-state index contributed by atoms with van der Waals surface area (Å²) in [6.07, 6.45) is 0.615. The number of carbonyl (C=O) groups excluding carboxylic acids is 1. The molecule has 1 amide bonds. The van der Waals surface area contributed by atoms with Crippen molar-refractivity contribution < 1.29 is 9.72 Å². The summed E-state index contributed by atoms with van der Waals surface area (Å²) in [5.74, 6) is -0.0965. The Morgan fingerprint density at radius 3 is 2.73 bits per heavy atom. The highest BCUT2D eigenvalue weighted by atomic mass is 32.2. The molecule has 1 heterocycles. The van der Waals surface area contributed by atoms with Gasteiger partial charge in [0.05, 0.1) is 15.9 Å². The summed E-state index contributed by atoms with van der Waals surface area (Å²) in [7, 11) is 0. The van der Waals surface area contributed by atoms with Gasteiger partial charge in [-0.1, -0.05) is 54.2 Å². The van der Waals surface area contributed by atoms with Gasteiger partial charge in [0.15, 0.2) is 5.17 Å². The highest BCUT2D eigenvalue weighted by Crippen LogP contribution is 2.23. The van der Waals surface area contributed by atoms with Crippen LogP contribution in [0.4, 0.5) is 5.69 Å². The molecule has 1 aliphatic rings. The minimum Gasteiger partial charge on any atom is -0.303 e. The lowest BCUT2D eigenvalue weighted by molar-refractivity contribution is -0.384. The molecule has 0 aromatic heterocycles. The fraction of sp³-hybridized carbons (Fsp3) is 0.167. The summed E-state index contributed by atoms with van der Waals surface area (Å²) >= 11 is 1.33. The molecule has 8 heteroatoms. The summed E-state index contributed by atoms with van der Waals surface area (Å²) < 4.78 is 0. The number of hydrogen-bond acceptors (Lipinski definition) is 6. The molecule has 2 aromatic rings. The predicted octanol–water partition coefficient (Wildman–Crippen LogP) is 3.15. The van der Waals surface area contributed by atoms with E-state index in [1.807, 2.05) is 30.3 Å². The van der Waals surface area contributed by atoms with E-state index in [-0.39, 0.29) is 16.8 Å². The molecule has 1 fully saturated rings. The fourth-order valence-electron chi connectivity index (χ4n) is 2.44. The number of benzene rings is 2. The van der Waals surface area contributed by atoms with Crippen LogP contribution in [0.15, 0.2) is 64.8 Å². The van der Waals surface area contributed by atoms with Crippen molar-refractivity contribution in [2.45, 2.75) is 18.6 Å². The van der Waals surface area contributed by atoms with E-state index in [9.17, 15) is 14.9 Å². The number of amides is 1. The molecule has 0 spiro atoms. The van der Waals surface area contributed by atoms with Crippen molar-refractivity contribution in [3.05, 3.63) is 75.8 Å². The fourth-order valence-corrected chi connectivity index (χ4v) is 3.40. The second kappa shape index (κ2) is 7.92. The molecule has 26 heavy (non-hydrogen) atoms. The first kappa shape index (κ1) is 17.8. The molecule has 7 nitrogen and oxygen atoms in total. The van der Waals surface area contributed by atoms with E-state index in [2.05, 4.69) is 15.5 Å². The van der Waals surface area contributed by atoms with Crippen LogP contribution in [0.3, 0.4) is 0 Å². The van der Waals surface area contributed by atoms with Crippen LogP contribution in [-0.2, 0) is 11.2 Å². The zero-order valence-electron chi connectivity index (χ0n) is 14.0. The first-order chi connectivity index (χ1) is 12.5. The third-order valence-electron chi connectivity index (χ3n) is 3.81. The summed E-state index contributed by atoms with van der Waals surface area (Å²) in [6.45, 7) is 1.71. The van der Waals surface area contributed by atoms with Crippen molar-refractivity contribution in [3.8, 4) is 0 Å². The molecule has 132 valence electrons. The number of carbonyl (C=O) groups is 1. The Bertz CT molecular complexity index is 896. The molecular formula is C18H16N4O3S. The SMILES string of the molecule is C/C(=N/N=C1\NC(=O)C(Cc2ccccc2)S1)c1cccc([N+](=O)[O-])c1. The van der Waals surface area contributed by atoms with Gasteiger partial charge in [-0.15, -0.1) is 5.10 Å². The highest BCUT2D eigenvalue weighted by molar-refractivity contribution is 8.15. The second-order valence-corrected chi connectivity index (χ2v) is 6.87. The van der Waals surface area contributed by atoms with Gasteiger partial charge in [-0.05, 0) is 18.9 Å². The van der Waals surface area contributed by atoms with Gasteiger partial charge < -0.3 is 5.32 Å². The van der Waals surface area contributed by atoms with Gasteiger partial charge in [0.1, 0.15) is 0 Å². The molecule has 1 atom stereocenters. The summed E-state index contributed by atoms with van der Waals surface area (Å²) in [6, 6.07) is 16.0. The highest BCUT2D eigenvalue weighted by Gasteiger charge is 2.30. The van der Waals surface area contributed by atoms with Crippen molar-refractivity contribution in [2.75, 3.05) is 0 Å². The lowest BCUT2D eigenvalue weighted by Crippen LogP contribution is -2.25. The van der Waals surface area contributed by atoms with Crippen molar-refractivity contribution in [2.24, 2.45) is 10.2 Å². The molecule has 1 aliphatic heterocycles. The Balaban J connectivity index is 1.70. The van der Waals surface area contributed by atoms with Gasteiger partial charge in [0, 0.05) is 17.7 Å². The minimum absolute atomic E-state index is 0.00354. The Morgan fingerprint density at radius 1 is 1.23 bits per heavy atom. The van der Waals surface area contributed by atoms with Crippen molar-refractivity contribution in [1.29, 1.82) is 0 Å². The molecule has 0 saturated carbocycles. The normalized spacial score (nSPS) is 18.8. The number of non-ortho nitro benzene ring substituents is 1. The number of nitro benzene ring substituents is 1. The van der Waals surface area contributed by atoms with Gasteiger partial charge in [0.2, 0.25) is 5.91 Å². The number of rotatable bonds is 5. The van der Waals surface area contributed by atoms with Gasteiger partial charge >= 0.3 is 0 Å². The topological polar surface area (TPSA) is 97.0 Å². The molecule has 1 saturated heterocycles. The van der Waals surface area contributed by atoms with Gasteiger partial charge in [0.25, 0.3) is 5.69 Å². The maximum Gasteiger partial charge on any atom is 0.270 e. The number of nitrogens with zero attached hydrogens (tertiary/aromatic N) is 3. The van der Waals surface area contributed by atoms with Crippen LogP contribution in [0.2, 0.25) is 0 Å². The van der Waals surface area contributed by atoms with Gasteiger partial charge in [-0.25, -0.2) is 0 Å². The van der Waals surface area contributed by atoms with Gasteiger partial charge in [-0.2, -0.15) is 5.10 Å². The van der Waals surface area contributed by atoms with Crippen LogP contribution in [0.1, 0.15) is 18.1 Å². The standard InChI is InChI=1S/C18H16N4O3S/c1-12(14-8-5-9-15(11-14)22(24)25)20-21-18-19-17(23)16(26-18)10-13-6-3-2-4-7-13/h2-9,11,16H,10H2,1H3,(H,19,21,23)/b20-12-. The van der Waals surface area contributed by atoms with E-state index in [0.717, 1.165) is 5.56 Å². The predicted molar refractivity (Wildman–Crippen MR) is 102 cm³/mol. The summed E-state index contributed by atoms with van der Waals surface area (Å²) in [4.78, 5) is 22.5. The van der Waals surface area contributed by atoms with Crippen molar-refractivity contribution in [1.82, 2.24) is 5.32 Å². The van der Waals surface area contributed by atoms with E-state index in [4.69, 9.17) is 0 Å². The lowest BCUT2D eigenvalue weighted by atomic mass is 10.1.